The van der Waals surface area contributed by atoms with Crippen LogP contribution in [0.3, 0.4) is 0 Å². The minimum absolute atomic E-state index is 0.00637. The van der Waals surface area contributed by atoms with E-state index in [0.717, 1.165) is 18.8 Å². The maximum absolute atomic E-state index is 11.2. The summed E-state index contributed by atoms with van der Waals surface area (Å²) in [5.41, 5.74) is 1.18. The molecule has 0 atom stereocenters. The van der Waals surface area contributed by atoms with Gasteiger partial charge in [0.05, 0.1) is 13.2 Å². The van der Waals surface area contributed by atoms with Crippen molar-refractivity contribution in [1.29, 1.82) is 0 Å². The Labute approximate surface area is 79.2 Å². The minimum Gasteiger partial charge on any atom is -0.380 e. The fourth-order valence-corrected chi connectivity index (χ4v) is 1.17. The molecule has 13 heavy (non-hydrogen) atoms. The molecule has 1 N–H and O–H groups in total. The fourth-order valence-electron chi connectivity index (χ4n) is 1.17. The number of hydrogen-bond acceptors (Lipinski definition) is 2. The molecule has 1 amide bonds. The Balaban J connectivity index is 2.26. The summed E-state index contributed by atoms with van der Waals surface area (Å²) in [6, 6.07) is 0. The van der Waals surface area contributed by atoms with Gasteiger partial charge in [0.1, 0.15) is 0 Å². The molecule has 0 bridgehead atoms. The number of amides is 1. The zero-order valence-corrected chi connectivity index (χ0v) is 8.52. The Morgan fingerprint density at radius 3 is 2.54 bits per heavy atom. The highest BCUT2D eigenvalue weighted by molar-refractivity contribution is 5.88. The highest BCUT2D eigenvalue weighted by atomic mass is 16.5. The van der Waals surface area contributed by atoms with Gasteiger partial charge in [-0.25, -0.2) is 0 Å². The van der Waals surface area contributed by atoms with Crippen LogP contribution in [0.4, 0.5) is 0 Å². The van der Waals surface area contributed by atoms with Crippen molar-refractivity contribution >= 4 is 5.91 Å². The Morgan fingerprint density at radius 1 is 1.54 bits per heavy atom. The number of hydrogen-bond donors (Lipinski definition) is 1. The van der Waals surface area contributed by atoms with Gasteiger partial charge in [-0.3, -0.25) is 4.79 Å². The van der Waals surface area contributed by atoms with Crippen molar-refractivity contribution in [1.82, 2.24) is 5.32 Å². The van der Waals surface area contributed by atoms with Crippen molar-refractivity contribution in [3.05, 3.63) is 11.6 Å². The quantitative estimate of drug-likeness (QED) is 0.665. The SMILES string of the molecule is CC(C)=CC(=O)NCC1(C)COC1. The maximum atomic E-state index is 11.2. The second kappa shape index (κ2) is 3.92. The number of allylic oxidation sites excluding steroid dienone is 1. The molecule has 1 rings (SSSR count). The number of carbonyl (C=O) groups excluding carboxylic acids is 1. The topological polar surface area (TPSA) is 38.3 Å². The van der Waals surface area contributed by atoms with Crippen LogP contribution < -0.4 is 5.32 Å². The van der Waals surface area contributed by atoms with Gasteiger partial charge in [0.15, 0.2) is 0 Å². The van der Waals surface area contributed by atoms with E-state index in [1.54, 1.807) is 6.08 Å². The lowest BCUT2D eigenvalue weighted by Gasteiger charge is -2.37. The van der Waals surface area contributed by atoms with Crippen LogP contribution in [-0.4, -0.2) is 25.7 Å². The molecule has 1 aliphatic heterocycles. The molecule has 0 unspecified atom stereocenters. The average Bonchev–Trinajstić information content (AvgIpc) is 1.96. The normalized spacial score (nSPS) is 18.7. The average molecular weight is 183 g/mol. The van der Waals surface area contributed by atoms with Crippen LogP contribution in [0.5, 0.6) is 0 Å². The first kappa shape index (κ1) is 10.3. The van der Waals surface area contributed by atoms with E-state index in [1.165, 1.54) is 0 Å². The zero-order chi connectivity index (χ0) is 9.90. The molecule has 0 aromatic rings. The third-order valence-corrected chi connectivity index (χ3v) is 2.01. The Bertz CT molecular complexity index is 225. The standard InChI is InChI=1S/C10H17NO2/c1-8(2)4-9(12)11-5-10(3)6-13-7-10/h4H,5-7H2,1-3H3,(H,11,12). The molecule has 1 aliphatic rings. The first-order valence-corrected chi connectivity index (χ1v) is 4.52. The second-order valence-corrected chi connectivity index (χ2v) is 4.24. The molecule has 3 nitrogen and oxygen atoms in total. The smallest absolute Gasteiger partial charge is 0.243 e. The fraction of sp³-hybridized carbons (Fsp3) is 0.700. The Kier molecular flexibility index (Phi) is 3.09. The molecule has 0 spiro atoms. The summed E-state index contributed by atoms with van der Waals surface area (Å²) >= 11 is 0. The van der Waals surface area contributed by atoms with Crippen molar-refractivity contribution in [3.63, 3.8) is 0 Å². The largest absolute Gasteiger partial charge is 0.380 e. The molecule has 0 aliphatic carbocycles. The van der Waals surface area contributed by atoms with Gasteiger partial charge in [0.2, 0.25) is 5.91 Å². The monoisotopic (exact) mass is 183 g/mol. The van der Waals surface area contributed by atoms with Gasteiger partial charge in [-0.05, 0) is 13.8 Å². The number of nitrogens with one attached hydrogen (secondary N) is 1. The van der Waals surface area contributed by atoms with Crippen LogP contribution in [0.1, 0.15) is 20.8 Å². The molecule has 0 aromatic heterocycles. The van der Waals surface area contributed by atoms with E-state index in [2.05, 4.69) is 12.2 Å². The molecule has 1 saturated heterocycles. The molecule has 0 radical (unpaired) electrons. The van der Waals surface area contributed by atoms with E-state index in [4.69, 9.17) is 4.74 Å². The summed E-state index contributed by atoms with van der Waals surface area (Å²) < 4.78 is 5.08. The van der Waals surface area contributed by atoms with Gasteiger partial charge in [-0.2, -0.15) is 0 Å². The lowest BCUT2D eigenvalue weighted by Crippen LogP contribution is -2.48. The molecule has 1 heterocycles. The van der Waals surface area contributed by atoms with Gasteiger partial charge in [0.25, 0.3) is 0 Å². The molecule has 1 fully saturated rings. The Hall–Kier alpha value is -0.830. The summed E-state index contributed by atoms with van der Waals surface area (Å²) in [7, 11) is 0. The third kappa shape index (κ3) is 3.19. The van der Waals surface area contributed by atoms with Gasteiger partial charge in [-0.1, -0.05) is 12.5 Å². The van der Waals surface area contributed by atoms with Crippen molar-refractivity contribution in [2.75, 3.05) is 19.8 Å². The van der Waals surface area contributed by atoms with Crippen molar-refractivity contribution < 1.29 is 9.53 Å². The third-order valence-electron chi connectivity index (χ3n) is 2.01. The molecule has 0 saturated carbocycles. The molecular formula is C10H17NO2. The Morgan fingerprint density at radius 2 is 2.15 bits per heavy atom. The van der Waals surface area contributed by atoms with E-state index in [0.29, 0.717) is 6.54 Å². The van der Waals surface area contributed by atoms with Crippen LogP contribution >= 0.6 is 0 Å². The zero-order valence-electron chi connectivity index (χ0n) is 8.52. The summed E-state index contributed by atoms with van der Waals surface area (Å²) in [5, 5.41) is 2.86. The van der Waals surface area contributed by atoms with E-state index in [9.17, 15) is 4.79 Å². The lowest BCUT2D eigenvalue weighted by atomic mass is 9.89. The summed E-state index contributed by atoms with van der Waals surface area (Å²) in [6.07, 6.45) is 1.61. The van der Waals surface area contributed by atoms with E-state index < -0.39 is 0 Å². The molecule has 0 aromatic carbocycles. The van der Waals surface area contributed by atoms with Crippen molar-refractivity contribution in [2.45, 2.75) is 20.8 Å². The molecule has 3 heteroatoms. The maximum Gasteiger partial charge on any atom is 0.243 e. The van der Waals surface area contributed by atoms with Gasteiger partial charge in [0, 0.05) is 18.0 Å². The summed E-state index contributed by atoms with van der Waals surface area (Å²) in [5.74, 6) is -0.00637. The van der Waals surface area contributed by atoms with Crippen LogP contribution in [0.2, 0.25) is 0 Å². The lowest BCUT2D eigenvalue weighted by molar-refractivity contribution is -0.122. The van der Waals surface area contributed by atoms with E-state index >= 15 is 0 Å². The molecule has 74 valence electrons. The minimum atomic E-state index is -0.00637. The number of carbonyl (C=O) groups is 1. The van der Waals surface area contributed by atoms with Gasteiger partial charge >= 0.3 is 0 Å². The van der Waals surface area contributed by atoms with Crippen molar-refractivity contribution in [2.24, 2.45) is 5.41 Å². The number of ether oxygens (including phenoxy) is 1. The van der Waals surface area contributed by atoms with Crippen LogP contribution in [0.25, 0.3) is 0 Å². The van der Waals surface area contributed by atoms with Crippen molar-refractivity contribution in [3.8, 4) is 0 Å². The van der Waals surface area contributed by atoms with Gasteiger partial charge < -0.3 is 10.1 Å². The summed E-state index contributed by atoms with van der Waals surface area (Å²) in [6.45, 7) is 8.14. The second-order valence-electron chi connectivity index (χ2n) is 4.24. The molecular weight excluding hydrogens is 166 g/mol. The highest BCUT2D eigenvalue weighted by Gasteiger charge is 2.33. The van der Waals surface area contributed by atoms with Gasteiger partial charge in [-0.15, -0.1) is 0 Å². The first-order valence-electron chi connectivity index (χ1n) is 4.52. The first-order chi connectivity index (χ1) is 6.02. The van der Waals surface area contributed by atoms with Crippen LogP contribution in [0, 0.1) is 5.41 Å². The van der Waals surface area contributed by atoms with Crippen LogP contribution in [0.15, 0.2) is 11.6 Å². The van der Waals surface area contributed by atoms with Crippen LogP contribution in [-0.2, 0) is 9.53 Å². The summed E-state index contributed by atoms with van der Waals surface area (Å²) in [4.78, 5) is 11.2. The van der Waals surface area contributed by atoms with E-state index in [1.807, 2.05) is 13.8 Å². The predicted molar refractivity (Wildman–Crippen MR) is 51.4 cm³/mol. The van der Waals surface area contributed by atoms with E-state index in [-0.39, 0.29) is 11.3 Å². The highest BCUT2D eigenvalue weighted by Crippen LogP contribution is 2.24. The predicted octanol–water partition coefficient (Wildman–Crippen LogP) is 1.11. The number of rotatable bonds is 3.